The van der Waals surface area contributed by atoms with Crippen molar-refractivity contribution >= 4 is 39.3 Å². The maximum Gasteiger partial charge on any atom is 0.244 e. The van der Waals surface area contributed by atoms with Crippen molar-refractivity contribution in [2.24, 2.45) is 5.92 Å². The standard InChI is InChI=1S/C23H30N4O4S2/c1-3-27(4-2)33(30,31)20-10-11-21(24-16-20)32-17-22(28)26-14-12-18(13-15-26)23(29)25-19-8-6-5-7-9-19/h5-11,16,18H,3-4,12-15,17H2,1-2H3,(H,25,29). The van der Waals surface area contributed by atoms with Crippen molar-refractivity contribution in [3.05, 3.63) is 48.7 Å². The van der Waals surface area contributed by atoms with Crippen LogP contribution in [-0.4, -0.2) is 66.4 Å². The molecule has 3 rings (SSSR count). The molecule has 1 aromatic carbocycles. The van der Waals surface area contributed by atoms with Crippen LogP contribution in [0, 0.1) is 5.92 Å². The SMILES string of the molecule is CCN(CC)S(=O)(=O)c1ccc(SCC(=O)N2CCC(C(=O)Nc3ccccc3)CC2)nc1. The maximum atomic E-state index is 12.6. The molecule has 0 spiro atoms. The Bertz CT molecular complexity index is 1030. The van der Waals surface area contributed by atoms with Crippen molar-refractivity contribution in [2.75, 3.05) is 37.2 Å². The number of anilines is 1. The molecule has 33 heavy (non-hydrogen) atoms. The summed E-state index contributed by atoms with van der Waals surface area (Å²) in [5.74, 6) is 0.0924. The predicted molar refractivity (Wildman–Crippen MR) is 129 cm³/mol. The number of sulfonamides is 1. The lowest BCUT2D eigenvalue weighted by molar-refractivity contribution is -0.132. The van der Waals surface area contributed by atoms with Gasteiger partial charge in [0.1, 0.15) is 4.90 Å². The molecule has 8 nitrogen and oxygen atoms in total. The van der Waals surface area contributed by atoms with Crippen LogP contribution in [-0.2, 0) is 19.6 Å². The first-order valence-electron chi connectivity index (χ1n) is 11.1. The minimum Gasteiger partial charge on any atom is -0.342 e. The van der Waals surface area contributed by atoms with Crippen molar-refractivity contribution in [3.63, 3.8) is 0 Å². The van der Waals surface area contributed by atoms with Crippen LogP contribution in [0.25, 0.3) is 0 Å². The highest BCUT2D eigenvalue weighted by molar-refractivity contribution is 7.99. The van der Waals surface area contributed by atoms with Gasteiger partial charge in [0.25, 0.3) is 0 Å². The van der Waals surface area contributed by atoms with Gasteiger partial charge in [0.2, 0.25) is 21.8 Å². The van der Waals surface area contributed by atoms with Gasteiger partial charge in [-0.05, 0) is 37.1 Å². The van der Waals surface area contributed by atoms with E-state index in [0.29, 0.717) is 44.0 Å². The van der Waals surface area contributed by atoms with Crippen LogP contribution in [0.4, 0.5) is 5.69 Å². The third kappa shape index (κ3) is 6.55. The van der Waals surface area contributed by atoms with E-state index >= 15 is 0 Å². The van der Waals surface area contributed by atoms with Crippen LogP contribution in [0.2, 0.25) is 0 Å². The summed E-state index contributed by atoms with van der Waals surface area (Å²) in [5, 5.41) is 3.53. The molecule has 1 aromatic heterocycles. The Labute approximate surface area is 199 Å². The highest BCUT2D eigenvalue weighted by Crippen LogP contribution is 2.23. The summed E-state index contributed by atoms with van der Waals surface area (Å²) < 4.78 is 26.5. The zero-order valence-electron chi connectivity index (χ0n) is 18.9. The number of piperidine rings is 1. The van der Waals surface area contributed by atoms with E-state index in [2.05, 4.69) is 10.3 Å². The molecule has 10 heteroatoms. The summed E-state index contributed by atoms with van der Waals surface area (Å²) in [7, 11) is -3.54. The molecule has 1 fully saturated rings. The van der Waals surface area contributed by atoms with Crippen LogP contribution in [0.1, 0.15) is 26.7 Å². The molecule has 1 saturated heterocycles. The minimum absolute atomic E-state index is 0.00775. The highest BCUT2D eigenvalue weighted by Gasteiger charge is 2.27. The number of nitrogens with one attached hydrogen (secondary N) is 1. The van der Waals surface area contributed by atoms with Crippen LogP contribution >= 0.6 is 11.8 Å². The van der Waals surface area contributed by atoms with E-state index in [1.807, 2.05) is 30.3 Å². The number of likely N-dealkylation sites (tertiary alicyclic amines) is 1. The van der Waals surface area contributed by atoms with E-state index in [1.54, 1.807) is 24.8 Å². The molecule has 1 aliphatic heterocycles. The second kappa shape index (κ2) is 11.6. The summed E-state index contributed by atoms with van der Waals surface area (Å²) in [6, 6.07) is 12.5. The van der Waals surface area contributed by atoms with Gasteiger partial charge in [-0.2, -0.15) is 4.31 Å². The second-order valence-electron chi connectivity index (χ2n) is 7.72. The molecule has 0 atom stereocenters. The van der Waals surface area contributed by atoms with E-state index in [-0.39, 0.29) is 28.4 Å². The number of aromatic nitrogens is 1. The van der Waals surface area contributed by atoms with E-state index in [0.717, 1.165) is 5.69 Å². The Morgan fingerprint density at radius 1 is 1.09 bits per heavy atom. The molecular weight excluding hydrogens is 460 g/mol. The molecule has 2 heterocycles. The molecule has 0 unspecified atom stereocenters. The molecule has 0 bridgehead atoms. The molecule has 0 aliphatic carbocycles. The van der Waals surface area contributed by atoms with Gasteiger partial charge in [-0.25, -0.2) is 13.4 Å². The third-order valence-electron chi connectivity index (χ3n) is 5.66. The first-order chi connectivity index (χ1) is 15.8. The van der Waals surface area contributed by atoms with E-state index < -0.39 is 10.0 Å². The number of pyridine rings is 1. The van der Waals surface area contributed by atoms with Gasteiger partial charge in [-0.3, -0.25) is 9.59 Å². The molecule has 2 aromatic rings. The number of amides is 2. The maximum absolute atomic E-state index is 12.6. The molecule has 178 valence electrons. The number of carbonyl (C=O) groups excluding carboxylic acids is 2. The fourth-order valence-electron chi connectivity index (χ4n) is 3.70. The topological polar surface area (TPSA) is 99.7 Å². The fraction of sp³-hybridized carbons (Fsp3) is 0.435. The second-order valence-corrected chi connectivity index (χ2v) is 10.7. The average molecular weight is 491 g/mol. The lowest BCUT2D eigenvalue weighted by Gasteiger charge is -2.31. The number of carbonyl (C=O) groups is 2. The number of hydrogen-bond acceptors (Lipinski definition) is 6. The molecule has 0 radical (unpaired) electrons. The van der Waals surface area contributed by atoms with Gasteiger partial charge in [0.15, 0.2) is 0 Å². The zero-order valence-corrected chi connectivity index (χ0v) is 20.6. The molecular formula is C23H30N4O4S2. The summed E-state index contributed by atoms with van der Waals surface area (Å²) in [4.78, 5) is 31.2. The Morgan fingerprint density at radius 2 is 1.76 bits per heavy atom. The van der Waals surface area contributed by atoms with E-state index in [9.17, 15) is 18.0 Å². The van der Waals surface area contributed by atoms with Gasteiger partial charge in [0, 0.05) is 44.0 Å². The Hall–Kier alpha value is -2.43. The van der Waals surface area contributed by atoms with Gasteiger partial charge in [-0.1, -0.05) is 43.8 Å². The Morgan fingerprint density at radius 3 is 2.33 bits per heavy atom. The van der Waals surface area contributed by atoms with Crippen molar-refractivity contribution < 1.29 is 18.0 Å². The van der Waals surface area contributed by atoms with Crippen LogP contribution in [0.3, 0.4) is 0 Å². The highest BCUT2D eigenvalue weighted by atomic mass is 32.2. The molecule has 2 amide bonds. The van der Waals surface area contributed by atoms with E-state index in [1.165, 1.54) is 28.3 Å². The number of nitrogens with zero attached hydrogens (tertiary/aromatic N) is 3. The predicted octanol–water partition coefficient (Wildman–Crippen LogP) is 3.08. The Kier molecular flexibility index (Phi) is 8.87. The van der Waals surface area contributed by atoms with Crippen LogP contribution < -0.4 is 5.32 Å². The number of para-hydroxylation sites is 1. The monoisotopic (exact) mass is 490 g/mol. The van der Waals surface area contributed by atoms with Crippen molar-refractivity contribution in [1.82, 2.24) is 14.2 Å². The van der Waals surface area contributed by atoms with Gasteiger partial charge in [0.05, 0.1) is 10.8 Å². The van der Waals surface area contributed by atoms with Crippen molar-refractivity contribution in [2.45, 2.75) is 36.6 Å². The fourth-order valence-corrected chi connectivity index (χ4v) is 5.85. The minimum atomic E-state index is -3.54. The first-order valence-corrected chi connectivity index (χ1v) is 13.5. The number of thioether (sulfide) groups is 1. The lowest BCUT2D eigenvalue weighted by atomic mass is 9.96. The summed E-state index contributed by atoms with van der Waals surface area (Å²) in [5.41, 5.74) is 0.779. The average Bonchev–Trinajstić information content (AvgIpc) is 2.84. The zero-order chi connectivity index (χ0) is 23.8. The van der Waals surface area contributed by atoms with Crippen molar-refractivity contribution in [3.8, 4) is 0 Å². The first kappa shape index (κ1) is 25.2. The summed E-state index contributed by atoms with van der Waals surface area (Å²) in [6.45, 7) is 5.47. The van der Waals surface area contributed by atoms with Crippen LogP contribution in [0.5, 0.6) is 0 Å². The largest absolute Gasteiger partial charge is 0.342 e. The van der Waals surface area contributed by atoms with Crippen molar-refractivity contribution in [1.29, 1.82) is 0 Å². The quantitative estimate of drug-likeness (QED) is 0.543. The number of hydrogen-bond donors (Lipinski definition) is 1. The summed E-state index contributed by atoms with van der Waals surface area (Å²) in [6.07, 6.45) is 2.60. The molecule has 1 aliphatic rings. The lowest BCUT2D eigenvalue weighted by Crippen LogP contribution is -2.42. The van der Waals surface area contributed by atoms with Gasteiger partial charge >= 0.3 is 0 Å². The Balaban J connectivity index is 1.46. The number of benzene rings is 1. The van der Waals surface area contributed by atoms with Gasteiger partial charge < -0.3 is 10.2 Å². The smallest absolute Gasteiger partial charge is 0.244 e. The molecule has 0 saturated carbocycles. The van der Waals surface area contributed by atoms with Crippen LogP contribution in [0.15, 0.2) is 58.6 Å². The van der Waals surface area contributed by atoms with Gasteiger partial charge in [-0.15, -0.1) is 0 Å². The number of rotatable bonds is 9. The molecule has 1 N–H and O–H groups in total. The van der Waals surface area contributed by atoms with E-state index in [4.69, 9.17) is 0 Å². The normalized spacial score (nSPS) is 14.9. The summed E-state index contributed by atoms with van der Waals surface area (Å²) >= 11 is 1.28. The third-order valence-corrected chi connectivity index (χ3v) is 8.62.